The largest absolute Gasteiger partial charge is 0.399 e. The number of nitrogens with two attached hydrogens (primary N) is 1. The molecule has 0 aliphatic heterocycles. The second kappa shape index (κ2) is 6.22. The van der Waals surface area contributed by atoms with Gasteiger partial charge in [0.25, 0.3) is 5.91 Å². The molecule has 2 aromatic rings. The Morgan fingerprint density at radius 1 is 1.23 bits per heavy atom. The van der Waals surface area contributed by atoms with E-state index in [2.05, 4.69) is 18.3 Å². The molecule has 3 nitrogen and oxygen atoms in total. The predicted molar refractivity (Wildman–Crippen MR) is 89.8 cm³/mol. The minimum absolute atomic E-state index is 0.00247. The maximum Gasteiger partial charge on any atom is 0.251 e. The van der Waals surface area contributed by atoms with E-state index >= 15 is 0 Å². The molecule has 0 heterocycles. The molecule has 1 amide bonds. The molecule has 3 rings (SSSR count). The third-order valence-electron chi connectivity index (χ3n) is 4.41. The molecule has 2 aromatic carbocycles. The van der Waals surface area contributed by atoms with Crippen molar-refractivity contribution in [3.8, 4) is 0 Å². The lowest BCUT2D eigenvalue weighted by Gasteiger charge is -2.26. The first-order valence-corrected chi connectivity index (χ1v) is 7.95. The Bertz CT molecular complexity index is 676. The number of hydrogen-bond donors (Lipinski definition) is 2. The first-order valence-electron chi connectivity index (χ1n) is 7.95. The fourth-order valence-corrected chi connectivity index (χ4v) is 3.12. The summed E-state index contributed by atoms with van der Waals surface area (Å²) in [7, 11) is 0. The van der Waals surface area contributed by atoms with Crippen molar-refractivity contribution >= 4 is 11.6 Å². The molecule has 1 aliphatic carbocycles. The highest BCUT2D eigenvalue weighted by Crippen LogP contribution is 2.31. The summed E-state index contributed by atoms with van der Waals surface area (Å²) in [5.74, 6) is -0.00247. The Morgan fingerprint density at radius 2 is 2.00 bits per heavy atom. The molecule has 0 aromatic heterocycles. The van der Waals surface area contributed by atoms with Gasteiger partial charge in [0.2, 0.25) is 0 Å². The van der Waals surface area contributed by atoms with Gasteiger partial charge in [0.15, 0.2) is 0 Å². The first-order chi connectivity index (χ1) is 10.7. The molecule has 0 radical (unpaired) electrons. The summed E-state index contributed by atoms with van der Waals surface area (Å²) in [4.78, 5) is 12.5. The van der Waals surface area contributed by atoms with Crippen LogP contribution in [0.2, 0.25) is 0 Å². The van der Waals surface area contributed by atoms with Crippen LogP contribution in [0.5, 0.6) is 0 Å². The summed E-state index contributed by atoms with van der Waals surface area (Å²) in [5, 5.41) is 3.17. The molecule has 3 N–H and O–H groups in total. The van der Waals surface area contributed by atoms with E-state index in [4.69, 9.17) is 5.73 Å². The zero-order chi connectivity index (χ0) is 15.5. The minimum Gasteiger partial charge on any atom is -0.399 e. The van der Waals surface area contributed by atoms with Gasteiger partial charge in [-0.3, -0.25) is 4.79 Å². The summed E-state index contributed by atoms with van der Waals surface area (Å²) < 4.78 is 0. The first kappa shape index (κ1) is 14.6. The molecular weight excluding hydrogens is 272 g/mol. The molecule has 114 valence electrons. The number of anilines is 1. The van der Waals surface area contributed by atoms with Gasteiger partial charge < -0.3 is 11.1 Å². The monoisotopic (exact) mass is 294 g/mol. The van der Waals surface area contributed by atoms with Crippen molar-refractivity contribution in [1.82, 2.24) is 5.32 Å². The van der Waals surface area contributed by atoms with Crippen molar-refractivity contribution in [3.63, 3.8) is 0 Å². The summed E-state index contributed by atoms with van der Waals surface area (Å²) in [6.07, 6.45) is 4.09. The standard InChI is InChI=1S/C19H22N2O/c1-2-13-6-8-14(9-7-13)19(22)21-18-5-3-4-15-12-16(20)10-11-17(15)18/h6-12,18H,2-5,20H2,1H3,(H,21,22). The van der Waals surface area contributed by atoms with Crippen molar-refractivity contribution in [1.29, 1.82) is 0 Å². The number of rotatable bonds is 3. The quantitative estimate of drug-likeness (QED) is 0.849. The van der Waals surface area contributed by atoms with Crippen LogP contribution in [0.25, 0.3) is 0 Å². The van der Waals surface area contributed by atoms with Crippen molar-refractivity contribution in [2.45, 2.75) is 38.6 Å². The second-order valence-electron chi connectivity index (χ2n) is 5.93. The highest BCUT2D eigenvalue weighted by molar-refractivity contribution is 5.94. The normalized spacial score (nSPS) is 16.9. The molecule has 0 bridgehead atoms. The van der Waals surface area contributed by atoms with Crippen LogP contribution in [0.15, 0.2) is 42.5 Å². The second-order valence-corrected chi connectivity index (χ2v) is 5.93. The maximum atomic E-state index is 12.5. The van der Waals surface area contributed by atoms with Crippen molar-refractivity contribution in [2.24, 2.45) is 0 Å². The predicted octanol–water partition coefficient (Wildman–Crippen LogP) is 3.64. The Hall–Kier alpha value is -2.29. The fourth-order valence-electron chi connectivity index (χ4n) is 3.12. The number of amides is 1. The van der Waals surface area contributed by atoms with Gasteiger partial charge in [-0.1, -0.05) is 25.1 Å². The van der Waals surface area contributed by atoms with Crippen molar-refractivity contribution in [2.75, 3.05) is 5.73 Å². The van der Waals surface area contributed by atoms with E-state index in [0.29, 0.717) is 0 Å². The Morgan fingerprint density at radius 3 is 2.73 bits per heavy atom. The number of hydrogen-bond acceptors (Lipinski definition) is 2. The van der Waals surface area contributed by atoms with Crippen LogP contribution in [0.4, 0.5) is 5.69 Å². The Kier molecular flexibility index (Phi) is 4.14. The van der Waals surface area contributed by atoms with Crippen LogP contribution >= 0.6 is 0 Å². The smallest absolute Gasteiger partial charge is 0.251 e. The van der Waals surface area contributed by atoms with Gasteiger partial charge in [0, 0.05) is 11.3 Å². The molecule has 1 unspecified atom stereocenters. The number of nitrogen functional groups attached to an aromatic ring is 1. The molecule has 1 atom stereocenters. The van der Waals surface area contributed by atoms with Crippen LogP contribution in [0.1, 0.15) is 52.9 Å². The average Bonchev–Trinajstić information content (AvgIpc) is 2.55. The van der Waals surface area contributed by atoms with E-state index in [-0.39, 0.29) is 11.9 Å². The van der Waals surface area contributed by atoms with Gasteiger partial charge in [0.1, 0.15) is 0 Å². The number of carbonyl (C=O) groups is 1. The lowest BCUT2D eigenvalue weighted by Crippen LogP contribution is -2.31. The van der Waals surface area contributed by atoms with E-state index in [1.165, 1.54) is 16.7 Å². The lowest BCUT2D eigenvalue weighted by molar-refractivity contribution is 0.0933. The fraction of sp³-hybridized carbons (Fsp3) is 0.316. The average molecular weight is 294 g/mol. The molecule has 0 spiro atoms. The molecule has 22 heavy (non-hydrogen) atoms. The van der Waals surface area contributed by atoms with E-state index in [1.54, 1.807) is 0 Å². The van der Waals surface area contributed by atoms with Gasteiger partial charge in [-0.05, 0) is 66.6 Å². The number of nitrogens with one attached hydrogen (secondary N) is 1. The molecular formula is C19H22N2O. The molecule has 0 saturated carbocycles. The Labute approximate surface area is 131 Å². The van der Waals surface area contributed by atoms with Gasteiger partial charge >= 0.3 is 0 Å². The molecule has 1 aliphatic rings. The van der Waals surface area contributed by atoms with Gasteiger partial charge in [-0.15, -0.1) is 0 Å². The summed E-state index contributed by atoms with van der Waals surface area (Å²) in [6, 6.07) is 13.9. The van der Waals surface area contributed by atoms with Crippen LogP contribution in [0.3, 0.4) is 0 Å². The SMILES string of the molecule is CCc1ccc(C(=O)NC2CCCc3cc(N)ccc32)cc1. The van der Waals surface area contributed by atoms with Crippen molar-refractivity contribution < 1.29 is 4.79 Å². The maximum absolute atomic E-state index is 12.5. The Balaban J connectivity index is 1.77. The number of fused-ring (bicyclic) bond motifs is 1. The van der Waals surface area contributed by atoms with Crippen molar-refractivity contribution in [3.05, 3.63) is 64.7 Å². The van der Waals surface area contributed by atoms with Crippen LogP contribution in [-0.2, 0) is 12.8 Å². The number of aryl methyl sites for hydroxylation is 2. The summed E-state index contributed by atoms with van der Waals surface area (Å²) in [5.41, 5.74) is 11.1. The lowest BCUT2D eigenvalue weighted by atomic mass is 9.87. The van der Waals surface area contributed by atoms with Crippen LogP contribution in [0, 0.1) is 0 Å². The minimum atomic E-state index is -0.00247. The van der Waals surface area contributed by atoms with E-state index in [9.17, 15) is 4.79 Å². The van der Waals surface area contributed by atoms with E-state index in [0.717, 1.165) is 36.9 Å². The van der Waals surface area contributed by atoms with E-state index < -0.39 is 0 Å². The zero-order valence-electron chi connectivity index (χ0n) is 12.9. The van der Waals surface area contributed by atoms with Crippen LogP contribution < -0.4 is 11.1 Å². The van der Waals surface area contributed by atoms with Gasteiger partial charge in [-0.25, -0.2) is 0 Å². The number of carbonyl (C=O) groups excluding carboxylic acids is 1. The third kappa shape index (κ3) is 2.98. The van der Waals surface area contributed by atoms with Gasteiger partial charge in [0.05, 0.1) is 6.04 Å². The zero-order valence-corrected chi connectivity index (χ0v) is 12.9. The number of benzene rings is 2. The van der Waals surface area contributed by atoms with E-state index in [1.807, 2.05) is 36.4 Å². The third-order valence-corrected chi connectivity index (χ3v) is 4.41. The molecule has 3 heteroatoms. The van der Waals surface area contributed by atoms with Gasteiger partial charge in [-0.2, -0.15) is 0 Å². The topological polar surface area (TPSA) is 55.1 Å². The highest BCUT2D eigenvalue weighted by Gasteiger charge is 2.22. The molecule has 0 saturated heterocycles. The summed E-state index contributed by atoms with van der Waals surface area (Å²) >= 11 is 0. The van der Waals surface area contributed by atoms with Crippen LogP contribution in [-0.4, -0.2) is 5.91 Å². The molecule has 0 fully saturated rings. The summed E-state index contributed by atoms with van der Waals surface area (Å²) in [6.45, 7) is 2.11. The highest BCUT2D eigenvalue weighted by atomic mass is 16.1.